The zero-order valence-electron chi connectivity index (χ0n) is 15.7. The van der Waals surface area contributed by atoms with Crippen molar-refractivity contribution < 1.29 is 9.59 Å². The van der Waals surface area contributed by atoms with Crippen molar-refractivity contribution in [3.63, 3.8) is 0 Å². The predicted molar refractivity (Wildman–Crippen MR) is 111 cm³/mol. The average Bonchev–Trinajstić information content (AvgIpc) is 2.92. The number of rotatable bonds is 5. The molecule has 6 heteroatoms. The molecule has 1 saturated heterocycles. The minimum absolute atomic E-state index is 0.0936. The second-order valence-electron chi connectivity index (χ2n) is 6.49. The summed E-state index contributed by atoms with van der Waals surface area (Å²) in [7, 11) is 1.70. The van der Waals surface area contributed by atoms with Gasteiger partial charge in [0.1, 0.15) is 5.25 Å². The van der Waals surface area contributed by atoms with Gasteiger partial charge in [0, 0.05) is 19.2 Å². The van der Waals surface area contributed by atoms with E-state index in [0.29, 0.717) is 5.17 Å². The molecule has 0 saturated carbocycles. The molecule has 2 aromatic carbocycles. The Labute approximate surface area is 163 Å². The fourth-order valence-electron chi connectivity index (χ4n) is 2.80. The third-order valence-electron chi connectivity index (χ3n) is 4.50. The molecular weight excluding hydrogens is 358 g/mol. The molecule has 0 bridgehead atoms. The molecule has 1 N–H and O–H groups in total. The van der Waals surface area contributed by atoms with E-state index in [1.54, 1.807) is 7.05 Å². The Morgan fingerprint density at radius 2 is 1.89 bits per heavy atom. The number of hydrogen-bond donors (Lipinski definition) is 1. The number of para-hydroxylation sites is 1. The fourth-order valence-corrected chi connectivity index (χ4v) is 3.95. The molecule has 1 heterocycles. The van der Waals surface area contributed by atoms with Crippen molar-refractivity contribution in [2.75, 3.05) is 12.4 Å². The summed E-state index contributed by atoms with van der Waals surface area (Å²) in [4.78, 5) is 31.0. The molecule has 0 unspecified atom stereocenters. The first-order valence-corrected chi connectivity index (χ1v) is 9.83. The fraction of sp³-hybridized carbons (Fsp3) is 0.286. The van der Waals surface area contributed by atoms with E-state index in [9.17, 15) is 9.59 Å². The molecule has 2 amide bonds. The molecule has 1 atom stereocenters. The first-order chi connectivity index (χ1) is 13.0. The van der Waals surface area contributed by atoms with Gasteiger partial charge in [-0.05, 0) is 42.7 Å². The molecule has 1 fully saturated rings. The van der Waals surface area contributed by atoms with Gasteiger partial charge in [-0.1, -0.05) is 49.0 Å². The van der Waals surface area contributed by atoms with Gasteiger partial charge in [0.25, 0.3) is 0 Å². The van der Waals surface area contributed by atoms with Crippen molar-refractivity contribution in [3.05, 3.63) is 59.7 Å². The molecule has 1 aliphatic rings. The Bertz CT molecular complexity index is 877. The molecular formula is C21H23N3O2S. The molecule has 1 aliphatic heterocycles. The Morgan fingerprint density at radius 1 is 1.19 bits per heavy atom. The van der Waals surface area contributed by atoms with E-state index in [1.807, 2.05) is 55.5 Å². The van der Waals surface area contributed by atoms with Gasteiger partial charge in [-0.3, -0.25) is 14.5 Å². The highest BCUT2D eigenvalue weighted by molar-refractivity contribution is 8.15. The van der Waals surface area contributed by atoms with E-state index in [-0.39, 0.29) is 18.2 Å². The maximum absolute atomic E-state index is 12.5. The van der Waals surface area contributed by atoms with Gasteiger partial charge in [0.05, 0.1) is 5.69 Å². The Hall–Kier alpha value is -2.60. The highest BCUT2D eigenvalue weighted by Crippen LogP contribution is 2.31. The molecule has 0 aliphatic carbocycles. The van der Waals surface area contributed by atoms with Crippen molar-refractivity contribution >= 4 is 40.1 Å². The maximum atomic E-state index is 12.5. The van der Waals surface area contributed by atoms with E-state index >= 15 is 0 Å². The zero-order chi connectivity index (χ0) is 19.4. The Balaban J connectivity index is 1.67. The Kier molecular flexibility index (Phi) is 5.96. The number of nitrogens with one attached hydrogen (secondary N) is 1. The molecule has 27 heavy (non-hydrogen) atoms. The summed E-state index contributed by atoms with van der Waals surface area (Å²) >= 11 is 1.34. The normalized spacial score (nSPS) is 18.2. The molecule has 5 nitrogen and oxygen atoms in total. The minimum Gasteiger partial charge on any atom is -0.326 e. The van der Waals surface area contributed by atoms with Crippen molar-refractivity contribution in [2.24, 2.45) is 4.99 Å². The lowest BCUT2D eigenvalue weighted by molar-refractivity contribution is -0.127. The lowest BCUT2D eigenvalue weighted by atomic mass is 10.2. The minimum atomic E-state index is -0.451. The second-order valence-corrected chi connectivity index (χ2v) is 7.66. The van der Waals surface area contributed by atoms with Gasteiger partial charge >= 0.3 is 0 Å². The molecule has 0 radical (unpaired) electrons. The number of anilines is 1. The van der Waals surface area contributed by atoms with Gasteiger partial charge in [-0.2, -0.15) is 0 Å². The van der Waals surface area contributed by atoms with Crippen LogP contribution in [0, 0.1) is 6.92 Å². The highest BCUT2D eigenvalue weighted by atomic mass is 32.2. The van der Waals surface area contributed by atoms with Crippen molar-refractivity contribution in [3.8, 4) is 0 Å². The summed E-state index contributed by atoms with van der Waals surface area (Å²) in [6.45, 7) is 4.04. The Morgan fingerprint density at radius 3 is 2.56 bits per heavy atom. The van der Waals surface area contributed by atoms with E-state index < -0.39 is 5.25 Å². The van der Waals surface area contributed by atoms with Crippen LogP contribution in [-0.4, -0.2) is 34.2 Å². The number of carbonyl (C=O) groups excluding carboxylic acids is 2. The SMILES string of the molecule is CCc1ccc(N=C2S[C@@H](CC(=O)Nc3ccccc3C)C(=O)N2C)cc1. The number of amidine groups is 1. The summed E-state index contributed by atoms with van der Waals surface area (Å²) in [5, 5.41) is 3.06. The van der Waals surface area contributed by atoms with Crippen LogP contribution in [0.1, 0.15) is 24.5 Å². The van der Waals surface area contributed by atoms with Gasteiger partial charge in [-0.15, -0.1) is 0 Å². The smallest absolute Gasteiger partial charge is 0.242 e. The van der Waals surface area contributed by atoms with E-state index in [2.05, 4.69) is 17.2 Å². The van der Waals surface area contributed by atoms with Crippen LogP contribution in [0.5, 0.6) is 0 Å². The van der Waals surface area contributed by atoms with Crippen LogP contribution < -0.4 is 5.32 Å². The number of hydrogen-bond acceptors (Lipinski definition) is 4. The molecule has 0 spiro atoms. The van der Waals surface area contributed by atoms with E-state index in [4.69, 9.17) is 0 Å². The lowest BCUT2D eigenvalue weighted by Crippen LogP contribution is -2.30. The van der Waals surface area contributed by atoms with Crippen molar-refractivity contribution in [1.82, 2.24) is 4.90 Å². The lowest BCUT2D eigenvalue weighted by Gasteiger charge is -2.10. The number of nitrogens with zero attached hydrogens (tertiary/aromatic N) is 2. The highest BCUT2D eigenvalue weighted by Gasteiger charge is 2.37. The van der Waals surface area contributed by atoms with Crippen molar-refractivity contribution in [1.29, 1.82) is 0 Å². The first kappa shape index (κ1) is 19.2. The summed E-state index contributed by atoms with van der Waals surface area (Å²) in [5.41, 5.74) is 3.81. The quantitative estimate of drug-likeness (QED) is 0.846. The van der Waals surface area contributed by atoms with Crippen LogP contribution in [0.3, 0.4) is 0 Å². The molecule has 0 aromatic heterocycles. The van der Waals surface area contributed by atoms with Gasteiger partial charge < -0.3 is 5.32 Å². The topological polar surface area (TPSA) is 61.8 Å². The number of thioether (sulfide) groups is 1. The number of benzene rings is 2. The summed E-state index contributed by atoms with van der Waals surface area (Å²) in [6, 6.07) is 15.6. The zero-order valence-corrected chi connectivity index (χ0v) is 16.5. The summed E-state index contributed by atoms with van der Waals surface area (Å²) in [6.07, 6.45) is 1.10. The number of amides is 2. The van der Waals surface area contributed by atoms with E-state index in [0.717, 1.165) is 23.4 Å². The van der Waals surface area contributed by atoms with Crippen LogP contribution >= 0.6 is 11.8 Å². The third kappa shape index (κ3) is 4.57. The third-order valence-corrected chi connectivity index (χ3v) is 5.73. The van der Waals surface area contributed by atoms with Crippen LogP contribution in [0.25, 0.3) is 0 Å². The van der Waals surface area contributed by atoms with Gasteiger partial charge in [-0.25, -0.2) is 4.99 Å². The largest absolute Gasteiger partial charge is 0.326 e. The number of carbonyl (C=O) groups is 2. The van der Waals surface area contributed by atoms with Gasteiger partial charge in [0.2, 0.25) is 11.8 Å². The van der Waals surface area contributed by atoms with Crippen LogP contribution in [0.4, 0.5) is 11.4 Å². The second kappa shape index (κ2) is 8.39. The van der Waals surface area contributed by atoms with Crippen LogP contribution in [-0.2, 0) is 16.0 Å². The van der Waals surface area contributed by atoms with Gasteiger partial charge in [0.15, 0.2) is 5.17 Å². The standard InChI is InChI=1S/C21H23N3O2S/c1-4-15-9-11-16(12-10-15)22-21-24(3)20(26)18(27-21)13-19(25)23-17-8-6-5-7-14(17)2/h5-12,18H,4,13H2,1-3H3,(H,23,25)/t18-/m0/s1. The van der Waals surface area contributed by atoms with E-state index in [1.165, 1.54) is 22.2 Å². The maximum Gasteiger partial charge on any atom is 0.242 e. The molecule has 3 rings (SSSR count). The predicted octanol–water partition coefficient (Wildman–Crippen LogP) is 4.15. The van der Waals surface area contributed by atoms with Crippen LogP contribution in [0.15, 0.2) is 53.5 Å². The number of aryl methyl sites for hydroxylation is 2. The van der Waals surface area contributed by atoms with Crippen LogP contribution in [0.2, 0.25) is 0 Å². The molecule has 140 valence electrons. The summed E-state index contributed by atoms with van der Waals surface area (Å²) < 4.78 is 0. The number of aliphatic imine (C=N–C) groups is 1. The molecule has 2 aromatic rings. The van der Waals surface area contributed by atoms with Crippen molar-refractivity contribution in [2.45, 2.75) is 31.9 Å². The monoisotopic (exact) mass is 381 g/mol. The summed E-state index contributed by atoms with van der Waals surface area (Å²) in [5.74, 6) is -0.263. The first-order valence-electron chi connectivity index (χ1n) is 8.95. The average molecular weight is 382 g/mol.